The molecule has 0 aromatic heterocycles. The zero-order valence-corrected chi connectivity index (χ0v) is 19.3. The van der Waals surface area contributed by atoms with Gasteiger partial charge in [0.25, 0.3) is 0 Å². The Hall–Kier alpha value is -2.81. The summed E-state index contributed by atoms with van der Waals surface area (Å²) >= 11 is 0. The predicted molar refractivity (Wildman–Crippen MR) is 104 cm³/mol. The largest absolute Gasteiger partial charge is 0.456 e. The SMILES string of the molecule is CC(=O)O[C@@H]1[C@@H](OC(C)=O)[C@H](O[C@@H]2COC(O)[C@H](OC(C)=O)[C@H]2OC(C)=O)OC[C@H]1OC(C)=O. The monoisotopic (exact) mass is 492 g/mol. The van der Waals surface area contributed by atoms with Crippen molar-refractivity contribution in [2.45, 2.75) is 83.8 Å². The first kappa shape index (κ1) is 27.4. The maximum Gasteiger partial charge on any atom is 0.303 e. The number of carbonyl (C=O) groups excluding carboxylic acids is 5. The third-order valence-electron chi connectivity index (χ3n) is 4.62. The Morgan fingerprint density at radius 1 is 0.588 bits per heavy atom. The quantitative estimate of drug-likeness (QED) is 0.328. The number of ether oxygens (including phenoxy) is 8. The van der Waals surface area contributed by atoms with E-state index >= 15 is 0 Å². The van der Waals surface area contributed by atoms with E-state index in [2.05, 4.69) is 0 Å². The van der Waals surface area contributed by atoms with Crippen LogP contribution in [0.1, 0.15) is 34.6 Å². The molecule has 34 heavy (non-hydrogen) atoms. The van der Waals surface area contributed by atoms with Gasteiger partial charge in [0.15, 0.2) is 43.1 Å². The van der Waals surface area contributed by atoms with E-state index in [1.54, 1.807) is 0 Å². The van der Waals surface area contributed by atoms with Gasteiger partial charge in [-0.1, -0.05) is 0 Å². The Labute approximate surface area is 194 Å². The van der Waals surface area contributed by atoms with E-state index in [1.807, 2.05) is 0 Å². The summed E-state index contributed by atoms with van der Waals surface area (Å²) in [5.41, 5.74) is 0. The Morgan fingerprint density at radius 3 is 1.50 bits per heavy atom. The van der Waals surface area contributed by atoms with Crippen LogP contribution in [0, 0.1) is 0 Å². The zero-order chi connectivity index (χ0) is 25.6. The molecule has 0 spiro atoms. The molecule has 0 aromatic rings. The lowest BCUT2D eigenvalue weighted by molar-refractivity contribution is -0.327. The molecule has 0 radical (unpaired) electrons. The summed E-state index contributed by atoms with van der Waals surface area (Å²) in [7, 11) is 0. The standard InChI is InChI=1S/C20H28O14/c1-8(21)29-13-7-28-20(18(33-12(5)25)16(13)31-10(3)23)34-14-6-27-19(26)17(32-11(4)24)15(14)30-9(2)22/h13-20,26H,6-7H2,1-5H3/t13-,14-,15+,16+,17-,18-,19?,20+/m1/s1. The fourth-order valence-electron chi connectivity index (χ4n) is 3.52. The smallest absolute Gasteiger partial charge is 0.303 e. The van der Waals surface area contributed by atoms with Crippen LogP contribution < -0.4 is 0 Å². The zero-order valence-electron chi connectivity index (χ0n) is 19.3. The maximum absolute atomic E-state index is 11.8. The number of aliphatic hydroxyl groups is 1. The summed E-state index contributed by atoms with van der Waals surface area (Å²) in [6, 6.07) is 0. The van der Waals surface area contributed by atoms with Gasteiger partial charge < -0.3 is 43.0 Å². The van der Waals surface area contributed by atoms with Gasteiger partial charge in [-0.3, -0.25) is 24.0 Å². The summed E-state index contributed by atoms with van der Waals surface area (Å²) in [5, 5.41) is 10.1. The van der Waals surface area contributed by atoms with Crippen LogP contribution in [-0.2, 0) is 61.9 Å². The molecule has 14 nitrogen and oxygen atoms in total. The van der Waals surface area contributed by atoms with Crippen LogP contribution in [0.25, 0.3) is 0 Å². The highest BCUT2D eigenvalue weighted by Gasteiger charge is 2.51. The van der Waals surface area contributed by atoms with Crippen molar-refractivity contribution < 1.29 is 67.0 Å². The Bertz CT molecular complexity index is 781. The average molecular weight is 492 g/mol. The van der Waals surface area contributed by atoms with Gasteiger partial charge in [-0.05, 0) is 0 Å². The summed E-state index contributed by atoms with van der Waals surface area (Å²) in [6.07, 6.45) is -10.8. The highest BCUT2D eigenvalue weighted by atomic mass is 16.7. The van der Waals surface area contributed by atoms with Crippen LogP contribution in [0.5, 0.6) is 0 Å². The van der Waals surface area contributed by atoms with Crippen molar-refractivity contribution in [3.63, 3.8) is 0 Å². The molecule has 0 aromatic carbocycles. The van der Waals surface area contributed by atoms with Crippen molar-refractivity contribution in [1.29, 1.82) is 0 Å². The third kappa shape index (κ3) is 7.62. The number of hydrogen-bond donors (Lipinski definition) is 1. The van der Waals surface area contributed by atoms with Crippen LogP contribution in [0.4, 0.5) is 0 Å². The second kappa shape index (κ2) is 12.1. The lowest BCUT2D eigenvalue weighted by atomic mass is 10.0. The Balaban J connectivity index is 2.33. The highest BCUT2D eigenvalue weighted by Crippen LogP contribution is 2.30. The van der Waals surface area contributed by atoms with Crippen molar-refractivity contribution in [1.82, 2.24) is 0 Å². The molecule has 8 atom stereocenters. The van der Waals surface area contributed by atoms with Crippen molar-refractivity contribution >= 4 is 29.8 Å². The summed E-state index contributed by atoms with van der Waals surface area (Å²) in [5.74, 6) is -3.78. The predicted octanol–water partition coefficient (Wildman–Crippen LogP) is -1.26. The molecular formula is C20H28O14. The Kier molecular flexibility index (Phi) is 9.73. The Morgan fingerprint density at radius 2 is 1.00 bits per heavy atom. The fourth-order valence-corrected chi connectivity index (χ4v) is 3.52. The molecule has 0 aliphatic carbocycles. The molecule has 2 fully saturated rings. The highest BCUT2D eigenvalue weighted by molar-refractivity contribution is 5.68. The minimum absolute atomic E-state index is 0.304. The van der Waals surface area contributed by atoms with Crippen molar-refractivity contribution in [3.05, 3.63) is 0 Å². The van der Waals surface area contributed by atoms with E-state index in [1.165, 1.54) is 0 Å². The van der Waals surface area contributed by atoms with E-state index in [0.717, 1.165) is 34.6 Å². The first-order valence-electron chi connectivity index (χ1n) is 10.3. The first-order chi connectivity index (χ1) is 15.9. The van der Waals surface area contributed by atoms with Gasteiger partial charge in [0.05, 0.1) is 13.2 Å². The van der Waals surface area contributed by atoms with Crippen LogP contribution in [0.15, 0.2) is 0 Å². The third-order valence-corrected chi connectivity index (χ3v) is 4.62. The van der Waals surface area contributed by atoms with Crippen LogP contribution in [0.3, 0.4) is 0 Å². The molecule has 2 heterocycles. The number of aliphatic hydroxyl groups excluding tert-OH is 1. The van der Waals surface area contributed by atoms with Crippen molar-refractivity contribution in [2.24, 2.45) is 0 Å². The molecule has 0 bridgehead atoms. The minimum atomic E-state index is -1.62. The fraction of sp³-hybridized carbons (Fsp3) is 0.750. The number of hydrogen-bond acceptors (Lipinski definition) is 14. The maximum atomic E-state index is 11.8. The van der Waals surface area contributed by atoms with Gasteiger partial charge in [-0.2, -0.15) is 0 Å². The lowest BCUT2D eigenvalue weighted by Crippen LogP contribution is -2.62. The summed E-state index contributed by atoms with van der Waals surface area (Å²) in [6.45, 7) is 4.88. The van der Waals surface area contributed by atoms with Gasteiger partial charge >= 0.3 is 29.8 Å². The van der Waals surface area contributed by atoms with Gasteiger partial charge in [0.1, 0.15) is 6.10 Å². The average Bonchev–Trinajstić information content (AvgIpc) is 2.69. The second-order valence-electron chi connectivity index (χ2n) is 7.54. The van der Waals surface area contributed by atoms with E-state index in [0.29, 0.717) is 0 Å². The van der Waals surface area contributed by atoms with Crippen LogP contribution in [-0.4, -0.2) is 97.4 Å². The molecular weight excluding hydrogens is 464 g/mol. The van der Waals surface area contributed by atoms with E-state index in [4.69, 9.17) is 37.9 Å². The number of esters is 5. The van der Waals surface area contributed by atoms with Crippen LogP contribution >= 0.6 is 0 Å². The van der Waals surface area contributed by atoms with E-state index in [-0.39, 0.29) is 13.2 Å². The molecule has 2 saturated heterocycles. The number of rotatable bonds is 7. The second-order valence-corrected chi connectivity index (χ2v) is 7.54. The molecule has 0 amide bonds. The normalized spacial score (nSPS) is 33.2. The van der Waals surface area contributed by atoms with Crippen LogP contribution in [0.2, 0.25) is 0 Å². The van der Waals surface area contributed by atoms with Gasteiger partial charge in [0.2, 0.25) is 0 Å². The van der Waals surface area contributed by atoms with Crippen molar-refractivity contribution in [3.8, 4) is 0 Å². The van der Waals surface area contributed by atoms with Crippen molar-refractivity contribution in [2.75, 3.05) is 13.2 Å². The molecule has 2 rings (SSSR count). The molecule has 2 aliphatic rings. The van der Waals surface area contributed by atoms with Gasteiger partial charge in [-0.15, -0.1) is 0 Å². The molecule has 192 valence electrons. The summed E-state index contributed by atoms with van der Waals surface area (Å²) in [4.78, 5) is 58.1. The van der Waals surface area contributed by atoms with E-state index in [9.17, 15) is 29.1 Å². The lowest BCUT2D eigenvalue weighted by Gasteiger charge is -2.44. The molecule has 1 N–H and O–H groups in total. The molecule has 2 aliphatic heterocycles. The summed E-state index contributed by atoms with van der Waals surface area (Å²) < 4.78 is 42.5. The topological polar surface area (TPSA) is 179 Å². The first-order valence-corrected chi connectivity index (χ1v) is 10.3. The minimum Gasteiger partial charge on any atom is -0.456 e. The van der Waals surface area contributed by atoms with E-state index < -0.39 is 79.1 Å². The molecule has 0 saturated carbocycles. The molecule has 14 heteroatoms. The van der Waals surface area contributed by atoms with Gasteiger partial charge in [-0.25, -0.2) is 0 Å². The molecule has 1 unspecified atom stereocenters. The van der Waals surface area contributed by atoms with Gasteiger partial charge in [0, 0.05) is 34.6 Å². The number of carbonyl (C=O) groups is 5.